The van der Waals surface area contributed by atoms with E-state index in [9.17, 15) is 0 Å². The van der Waals surface area contributed by atoms with Crippen molar-refractivity contribution >= 4 is 0 Å². The molecule has 0 radical (unpaired) electrons. The molecule has 1 N–H and O–H groups in total. The summed E-state index contributed by atoms with van der Waals surface area (Å²) in [5, 5.41) is 3.21. The second kappa shape index (κ2) is 2.29. The van der Waals surface area contributed by atoms with Crippen molar-refractivity contribution in [3.63, 3.8) is 0 Å². The van der Waals surface area contributed by atoms with Crippen molar-refractivity contribution < 1.29 is 0 Å². The average Bonchev–Trinajstić information content (AvgIpc) is 2.77. The molecular formula is C9H14N2. The standard InChI is InChI=1S/C9H14N2/c1-7-8(2)11(6-5-10-7)9-3-4-9/h9-10H,1-6H2. The van der Waals surface area contributed by atoms with E-state index in [0.717, 1.165) is 30.5 Å². The molecule has 2 fully saturated rings. The summed E-state index contributed by atoms with van der Waals surface area (Å²) in [5.41, 5.74) is 2.10. The number of piperazine rings is 1. The van der Waals surface area contributed by atoms with Crippen LogP contribution in [0, 0.1) is 0 Å². The molecule has 2 nitrogen and oxygen atoms in total. The van der Waals surface area contributed by atoms with Gasteiger partial charge in [0.2, 0.25) is 0 Å². The average molecular weight is 150 g/mol. The SMILES string of the molecule is C=C1NCCN(C2CC2)C1=C. The summed E-state index contributed by atoms with van der Waals surface area (Å²) in [5.74, 6) is 0. The lowest BCUT2D eigenvalue weighted by atomic mass is 10.2. The first-order chi connectivity index (χ1) is 5.29. The lowest BCUT2D eigenvalue weighted by Crippen LogP contribution is -2.40. The first-order valence-electron chi connectivity index (χ1n) is 4.18. The minimum absolute atomic E-state index is 0.779. The topological polar surface area (TPSA) is 15.3 Å². The molecule has 0 aromatic heterocycles. The third kappa shape index (κ3) is 1.13. The van der Waals surface area contributed by atoms with Crippen LogP contribution < -0.4 is 5.32 Å². The Labute approximate surface area is 67.6 Å². The molecule has 1 heterocycles. The highest BCUT2D eigenvalue weighted by Crippen LogP contribution is 2.31. The Balaban J connectivity index is 2.07. The first-order valence-corrected chi connectivity index (χ1v) is 4.18. The van der Waals surface area contributed by atoms with Gasteiger partial charge in [-0.25, -0.2) is 0 Å². The van der Waals surface area contributed by atoms with Gasteiger partial charge in [-0.1, -0.05) is 13.2 Å². The molecule has 1 saturated carbocycles. The second-order valence-electron chi connectivity index (χ2n) is 3.28. The lowest BCUT2D eigenvalue weighted by Gasteiger charge is -2.33. The third-order valence-corrected chi connectivity index (χ3v) is 2.37. The van der Waals surface area contributed by atoms with E-state index in [0.29, 0.717) is 0 Å². The highest BCUT2D eigenvalue weighted by Gasteiger charge is 2.31. The molecule has 0 amide bonds. The molecule has 60 valence electrons. The van der Waals surface area contributed by atoms with Crippen LogP contribution in [0.3, 0.4) is 0 Å². The molecule has 2 heteroatoms. The zero-order valence-corrected chi connectivity index (χ0v) is 6.77. The number of hydrogen-bond donors (Lipinski definition) is 1. The molecule has 2 aliphatic rings. The zero-order valence-electron chi connectivity index (χ0n) is 6.77. The lowest BCUT2D eigenvalue weighted by molar-refractivity contribution is 0.315. The maximum absolute atomic E-state index is 4.00. The fourth-order valence-corrected chi connectivity index (χ4v) is 1.53. The van der Waals surface area contributed by atoms with Crippen LogP contribution in [0.5, 0.6) is 0 Å². The molecule has 0 aromatic carbocycles. The minimum atomic E-state index is 0.779. The van der Waals surface area contributed by atoms with Crippen molar-refractivity contribution in [2.75, 3.05) is 13.1 Å². The summed E-state index contributed by atoms with van der Waals surface area (Å²) < 4.78 is 0. The van der Waals surface area contributed by atoms with Crippen LogP contribution in [0.2, 0.25) is 0 Å². The molecule has 11 heavy (non-hydrogen) atoms. The van der Waals surface area contributed by atoms with Gasteiger partial charge in [-0.3, -0.25) is 0 Å². The van der Waals surface area contributed by atoms with E-state index < -0.39 is 0 Å². The Kier molecular flexibility index (Phi) is 1.41. The fourth-order valence-electron chi connectivity index (χ4n) is 1.53. The van der Waals surface area contributed by atoms with Gasteiger partial charge in [-0.2, -0.15) is 0 Å². The van der Waals surface area contributed by atoms with Crippen molar-refractivity contribution in [1.82, 2.24) is 10.2 Å². The number of rotatable bonds is 1. The van der Waals surface area contributed by atoms with E-state index in [1.165, 1.54) is 12.8 Å². The van der Waals surface area contributed by atoms with Crippen LogP contribution in [0.25, 0.3) is 0 Å². The highest BCUT2D eigenvalue weighted by atomic mass is 15.2. The van der Waals surface area contributed by atoms with Gasteiger partial charge in [0.25, 0.3) is 0 Å². The predicted octanol–water partition coefficient (Wildman–Crippen LogP) is 1.08. The molecule has 0 aromatic rings. The Morgan fingerprint density at radius 1 is 1.36 bits per heavy atom. The molecule has 1 saturated heterocycles. The van der Waals surface area contributed by atoms with Crippen LogP contribution in [0.1, 0.15) is 12.8 Å². The van der Waals surface area contributed by atoms with Crippen LogP contribution in [-0.2, 0) is 0 Å². The highest BCUT2D eigenvalue weighted by molar-refractivity contribution is 5.26. The third-order valence-electron chi connectivity index (χ3n) is 2.37. The fraction of sp³-hybridized carbons (Fsp3) is 0.556. The summed E-state index contributed by atoms with van der Waals surface area (Å²) in [7, 11) is 0. The van der Waals surface area contributed by atoms with Crippen LogP contribution in [-0.4, -0.2) is 24.0 Å². The Morgan fingerprint density at radius 3 is 2.73 bits per heavy atom. The zero-order chi connectivity index (χ0) is 7.84. The smallest absolute Gasteiger partial charge is 0.0526 e. The van der Waals surface area contributed by atoms with Gasteiger partial charge >= 0.3 is 0 Å². The van der Waals surface area contributed by atoms with Gasteiger partial charge < -0.3 is 10.2 Å². The van der Waals surface area contributed by atoms with Gasteiger partial charge in [0.1, 0.15) is 0 Å². The van der Waals surface area contributed by atoms with Crippen LogP contribution in [0.4, 0.5) is 0 Å². The maximum atomic E-state index is 4.00. The quantitative estimate of drug-likeness (QED) is 0.601. The van der Waals surface area contributed by atoms with Gasteiger partial charge in [0.05, 0.1) is 5.70 Å². The second-order valence-corrected chi connectivity index (χ2v) is 3.28. The Morgan fingerprint density at radius 2 is 2.09 bits per heavy atom. The monoisotopic (exact) mass is 150 g/mol. The van der Waals surface area contributed by atoms with Crippen molar-refractivity contribution in [2.45, 2.75) is 18.9 Å². The van der Waals surface area contributed by atoms with Crippen molar-refractivity contribution in [3.05, 3.63) is 24.6 Å². The van der Waals surface area contributed by atoms with E-state index in [1.54, 1.807) is 0 Å². The van der Waals surface area contributed by atoms with Gasteiger partial charge in [0, 0.05) is 24.8 Å². The van der Waals surface area contributed by atoms with Crippen molar-refractivity contribution in [2.24, 2.45) is 0 Å². The van der Waals surface area contributed by atoms with E-state index >= 15 is 0 Å². The molecular weight excluding hydrogens is 136 g/mol. The summed E-state index contributed by atoms with van der Waals surface area (Å²) >= 11 is 0. The molecule has 0 unspecified atom stereocenters. The molecule has 1 aliphatic heterocycles. The van der Waals surface area contributed by atoms with E-state index in [4.69, 9.17) is 0 Å². The minimum Gasteiger partial charge on any atom is -0.382 e. The Hall–Kier alpha value is -0.920. The van der Waals surface area contributed by atoms with Gasteiger partial charge in [-0.15, -0.1) is 0 Å². The van der Waals surface area contributed by atoms with Gasteiger partial charge in [-0.05, 0) is 12.8 Å². The van der Waals surface area contributed by atoms with E-state index in [-0.39, 0.29) is 0 Å². The van der Waals surface area contributed by atoms with Crippen molar-refractivity contribution in [3.8, 4) is 0 Å². The summed E-state index contributed by atoms with van der Waals surface area (Å²) in [6.07, 6.45) is 2.68. The number of nitrogens with zero attached hydrogens (tertiary/aromatic N) is 1. The predicted molar refractivity (Wildman–Crippen MR) is 46.0 cm³/mol. The molecule has 2 rings (SSSR count). The summed E-state index contributed by atoms with van der Waals surface area (Å²) in [6, 6.07) is 0.779. The normalized spacial score (nSPS) is 25.3. The molecule has 0 atom stereocenters. The summed E-state index contributed by atoms with van der Waals surface area (Å²) in [4.78, 5) is 2.37. The van der Waals surface area contributed by atoms with Crippen molar-refractivity contribution in [1.29, 1.82) is 0 Å². The summed E-state index contributed by atoms with van der Waals surface area (Å²) in [6.45, 7) is 10.0. The van der Waals surface area contributed by atoms with Crippen LogP contribution >= 0.6 is 0 Å². The number of nitrogens with one attached hydrogen (secondary N) is 1. The molecule has 1 aliphatic carbocycles. The first kappa shape index (κ1) is 6.77. The van der Waals surface area contributed by atoms with Gasteiger partial charge in [0.15, 0.2) is 0 Å². The van der Waals surface area contributed by atoms with E-state index in [2.05, 4.69) is 23.4 Å². The Bertz CT molecular complexity index is 204. The molecule has 0 spiro atoms. The van der Waals surface area contributed by atoms with Crippen LogP contribution in [0.15, 0.2) is 24.6 Å². The van der Waals surface area contributed by atoms with E-state index in [1.807, 2.05) is 0 Å². The number of hydrogen-bond acceptors (Lipinski definition) is 2. The molecule has 0 bridgehead atoms. The largest absolute Gasteiger partial charge is 0.382 e. The maximum Gasteiger partial charge on any atom is 0.0526 e.